The molecule has 0 aliphatic carbocycles. The summed E-state index contributed by atoms with van der Waals surface area (Å²) in [6, 6.07) is 14.1. The maximum atomic E-state index is 13.0. The Morgan fingerprint density at radius 2 is 1.97 bits per heavy atom. The molecule has 0 aromatic heterocycles. The van der Waals surface area contributed by atoms with Crippen molar-refractivity contribution in [1.29, 1.82) is 0 Å². The summed E-state index contributed by atoms with van der Waals surface area (Å²) in [6.45, 7) is 2.94. The zero-order chi connectivity index (χ0) is 23.2. The van der Waals surface area contributed by atoms with Gasteiger partial charge in [0.1, 0.15) is 13.2 Å². The number of hydrogen-bond acceptors (Lipinski definition) is 6. The average Bonchev–Trinajstić information content (AvgIpc) is 3.35. The van der Waals surface area contributed by atoms with Crippen molar-refractivity contribution in [1.82, 2.24) is 10.6 Å². The van der Waals surface area contributed by atoms with E-state index < -0.39 is 18.0 Å². The predicted molar refractivity (Wildman–Crippen MR) is 121 cm³/mol. The molecule has 0 spiro atoms. The van der Waals surface area contributed by atoms with Crippen molar-refractivity contribution in [2.45, 2.75) is 38.5 Å². The molecule has 2 aliphatic heterocycles. The largest absolute Gasteiger partial charge is 0.493 e. The number of carbonyl (C=O) groups is 2. The second-order valence-corrected chi connectivity index (χ2v) is 7.99. The Bertz CT molecular complexity index is 1030. The van der Waals surface area contributed by atoms with E-state index in [-0.39, 0.29) is 12.7 Å². The van der Waals surface area contributed by atoms with E-state index in [1.54, 1.807) is 32.2 Å². The summed E-state index contributed by atoms with van der Waals surface area (Å²) >= 11 is 0. The highest BCUT2D eigenvalue weighted by molar-refractivity contribution is 5.95. The van der Waals surface area contributed by atoms with Crippen LogP contribution >= 0.6 is 0 Å². The van der Waals surface area contributed by atoms with Gasteiger partial charge < -0.3 is 29.6 Å². The van der Waals surface area contributed by atoms with Crippen LogP contribution in [-0.2, 0) is 20.9 Å². The highest BCUT2D eigenvalue weighted by Gasteiger charge is 2.33. The number of carbonyl (C=O) groups excluding carboxylic acids is 2. The van der Waals surface area contributed by atoms with Crippen LogP contribution in [0.5, 0.6) is 11.5 Å². The molecule has 2 atom stereocenters. The van der Waals surface area contributed by atoms with Crippen LogP contribution in [0.4, 0.5) is 4.79 Å². The molecule has 2 aromatic carbocycles. The van der Waals surface area contributed by atoms with Gasteiger partial charge in [0.2, 0.25) is 0 Å². The third kappa shape index (κ3) is 5.46. The lowest BCUT2D eigenvalue weighted by Gasteiger charge is -2.28. The molecule has 33 heavy (non-hydrogen) atoms. The first-order valence-corrected chi connectivity index (χ1v) is 11.0. The molecule has 0 unspecified atom stereocenters. The SMILES string of the molecule is COc1cc([C@H]2NC(=O)NC(C)=C2C(=O)OC[C@H]2CCCO2)ccc1OCc1ccccc1. The molecule has 1 saturated heterocycles. The standard InChI is InChI=1S/C25H28N2O6/c1-16-22(24(28)33-15-19-9-6-12-31-19)23(27-25(29)26-16)18-10-11-20(21(13-18)30-2)32-14-17-7-4-3-5-8-17/h3-5,7-8,10-11,13,19,23H,6,9,12,14-15H2,1-2H3,(H2,26,27,29)/t19-,23-/m1/s1. The minimum Gasteiger partial charge on any atom is -0.493 e. The quantitative estimate of drug-likeness (QED) is 0.594. The van der Waals surface area contributed by atoms with Crippen LogP contribution in [0, 0.1) is 0 Å². The first-order valence-electron chi connectivity index (χ1n) is 11.0. The van der Waals surface area contributed by atoms with E-state index >= 15 is 0 Å². The molecule has 8 heteroatoms. The normalized spacial score (nSPS) is 20.1. The van der Waals surface area contributed by atoms with Crippen molar-refractivity contribution < 1.29 is 28.5 Å². The fraction of sp³-hybridized carbons (Fsp3) is 0.360. The Balaban J connectivity index is 1.53. The molecule has 0 bridgehead atoms. The zero-order valence-corrected chi connectivity index (χ0v) is 18.8. The lowest BCUT2D eigenvalue weighted by Crippen LogP contribution is -2.45. The van der Waals surface area contributed by atoms with Gasteiger partial charge in [0.15, 0.2) is 11.5 Å². The van der Waals surface area contributed by atoms with E-state index in [1.807, 2.05) is 30.3 Å². The molecule has 4 rings (SSSR count). The predicted octanol–water partition coefficient (Wildman–Crippen LogP) is 3.62. The number of rotatable bonds is 8. The second-order valence-electron chi connectivity index (χ2n) is 7.99. The number of methoxy groups -OCH3 is 1. The summed E-state index contributed by atoms with van der Waals surface area (Å²) in [5.74, 6) is 0.568. The third-order valence-corrected chi connectivity index (χ3v) is 5.67. The highest BCUT2D eigenvalue weighted by Crippen LogP contribution is 2.35. The lowest BCUT2D eigenvalue weighted by atomic mass is 9.95. The Labute approximate surface area is 192 Å². The van der Waals surface area contributed by atoms with E-state index in [4.69, 9.17) is 18.9 Å². The minimum absolute atomic E-state index is 0.0828. The van der Waals surface area contributed by atoms with E-state index in [1.165, 1.54) is 0 Å². The van der Waals surface area contributed by atoms with Gasteiger partial charge in [-0.05, 0) is 43.0 Å². The van der Waals surface area contributed by atoms with Crippen LogP contribution in [0.15, 0.2) is 59.8 Å². The van der Waals surface area contributed by atoms with Gasteiger partial charge in [-0.15, -0.1) is 0 Å². The molecule has 1 fully saturated rings. The number of nitrogens with one attached hydrogen (secondary N) is 2. The fourth-order valence-electron chi connectivity index (χ4n) is 3.95. The highest BCUT2D eigenvalue weighted by atomic mass is 16.6. The summed E-state index contributed by atoms with van der Waals surface area (Å²) < 4.78 is 22.5. The number of esters is 1. The smallest absolute Gasteiger partial charge is 0.338 e. The van der Waals surface area contributed by atoms with E-state index in [2.05, 4.69) is 10.6 Å². The van der Waals surface area contributed by atoms with Gasteiger partial charge in [0, 0.05) is 12.3 Å². The second kappa shape index (κ2) is 10.4. The van der Waals surface area contributed by atoms with E-state index in [9.17, 15) is 9.59 Å². The van der Waals surface area contributed by atoms with Gasteiger partial charge in [-0.25, -0.2) is 9.59 Å². The summed E-state index contributed by atoms with van der Waals surface area (Å²) in [5, 5.41) is 5.47. The van der Waals surface area contributed by atoms with Gasteiger partial charge >= 0.3 is 12.0 Å². The molecule has 0 saturated carbocycles. The zero-order valence-electron chi connectivity index (χ0n) is 18.8. The lowest BCUT2D eigenvalue weighted by molar-refractivity contribution is -0.142. The Morgan fingerprint density at radius 1 is 1.15 bits per heavy atom. The molecule has 8 nitrogen and oxygen atoms in total. The minimum atomic E-state index is -0.687. The van der Waals surface area contributed by atoms with Crippen molar-refractivity contribution >= 4 is 12.0 Å². The molecular formula is C25H28N2O6. The van der Waals surface area contributed by atoms with Crippen LogP contribution in [0.25, 0.3) is 0 Å². The van der Waals surface area contributed by atoms with Crippen LogP contribution in [-0.4, -0.2) is 38.4 Å². The van der Waals surface area contributed by atoms with Gasteiger partial charge in [-0.1, -0.05) is 36.4 Å². The Hall–Kier alpha value is -3.52. The first-order chi connectivity index (χ1) is 16.0. The summed E-state index contributed by atoms with van der Waals surface area (Å²) in [6.07, 6.45) is 1.74. The number of amides is 2. The molecule has 2 aliphatic rings. The number of ether oxygens (including phenoxy) is 4. The molecule has 2 amide bonds. The first kappa shape index (κ1) is 22.7. The topological polar surface area (TPSA) is 95.1 Å². The molecule has 2 N–H and O–H groups in total. The van der Waals surface area contributed by atoms with Crippen molar-refractivity contribution in [3.8, 4) is 11.5 Å². The van der Waals surface area contributed by atoms with Crippen molar-refractivity contribution in [2.75, 3.05) is 20.3 Å². The van der Waals surface area contributed by atoms with Crippen molar-refractivity contribution in [3.05, 3.63) is 70.9 Å². The van der Waals surface area contributed by atoms with Gasteiger partial charge in [-0.3, -0.25) is 0 Å². The molecule has 0 radical (unpaired) electrons. The van der Waals surface area contributed by atoms with Crippen molar-refractivity contribution in [3.63, 3.8) is 0 Å². The fourth-order valence-corrected chi connectivity index (χ4v) is 3.95. The Kier molecular flexibility index (Phi) is 7.14. The summed E-state index contributed by atoms with van der Waals surface area (Å²) in [4.78, 5) is 25.1. The molecule has 174 valence electrons. The number of allylic oxidation sites excluding steroid dienone is 1. The van der Waals surface area contributed by atoms with E-state index in [0.717, 1.165) is 18.4 Å². The number of urea groups is 1. The van der Waals surface area contributed by atoms with Gasteiger partial charge in [0.05, 0.1) is 24.8 Å². The van der Waals surface area contributed by atoms with Crippen molar-refractivity contribution in [2.24, 2.45) is 0 Å². The monoisotopic (exact) mass is 452 g/mol. The number of benzene rings is 2. The van der Waals surface area contributed by atoms with Crippen LogP contribution in [0.1, 0.15) is 36.9 Å². The summed E-state index contributed by atoms with van der Waals surface area (Å²) in [5.41, 5.74) is 2.50. The van der Waals surface area contributed by atoms with E-state index in [0.29, 0.717) is 41.5 Å². The van der Waals surface area contributed by atoms with Gasteiger partial charge in [0.25, 0.3) is 0 Å². The molecule has 2 aromatic rings. The maximum Gasteiger partial charge on any atom is 0.338 e. The molecule has 2 heterocycles. The van der Waals surface area contributed by atoms with Crippen LogP contribution < -0.4 is 20.1 Å². The number of hydrogen-bond donors (Lipinski definition) is 2. The van der Waals surface area contributed by atoms with Crippen LogP contribution in [0.3, 0.4) is 0 Å². The molecular weight excluding hydrogens is 424 g/mol. The Morgan fingerprint density at radius 3 is 2.70 bits per heavy atom. The average molecular weight is 453 g/mol. The van der Waals surface area contributed by atoms with Crippen LogP contribution in [0.2, 0.25) is 0 Å². The maximum absolute atomic E-state index is 13.0. The summed E-state index contributed by atoms with van der Waals surface area (Å²) in [7, 11) is 1.55. The third-order valence-electron chi connectivity index (χ3n) is 5.67. The van der Waals surface area contributed by atoms with Gasteiger partial charge in [-0.2, -0.15) is 0 Å².